The first kappa shape index (κ1) is 14.0. The number of carbonyl (C=O) groups excluding carboxylic acids is 1. The van der Waals surface area contributed by atoms with Gasteiger partial charge in [-0.05, 0) is 42.2 Å². The number of rotatable bonds is 4. The van der Waals surface area contributed by atoms with Gasteiger partial charge in [0.05, 0.1) is 6.61 Å². The summed E-state index contributed by atoms with van der Waals surface area (Å²) in [5.74, 6) is 1.26. The molecule has 0 radical (unpaired) electrons. The van der Waals surface area contributed by atoms with E-state index < -0.39 is 0 Å². The Balaban J connectivity index is 1.68. The molecule has 1 saturated heterocycles. The SMILES string of the molecule is CCCCOc1ccc2c(c1)CN1CC[C@@]23C=CC(=O)C[C@H]13. The highest BCUT2D eigenvalue weighted by molar-refractivity contribution is 5.92. The predicted molar refractivity (Wildman–Crippen MR) is 86.1 cm³/mol. The Kier molecular flexibility index (Phi) is 3.33. The molecule has 2 heterocycles. The zero-order valence-electron chi connectivity index (χ0n) is 13.2. The summed E-state index contributed by atoms with van der Waals surface area (Å²) in [7, 11) is 0. The standard InChI is InChI=1S/C19H23NO2/c1-2-3-10-22-16-4-5-17-14(11-16)13-20-9-8-19(17)7-6-15(21)12-18(19)20/h4-7,11,18H,2-3,8-10,12-13H2,1H3/t18-,19-/m0/s1. The van der Waals surface area contributed by atoms with Gasteiger partial charge < -0.3 is 4.74 Å². The molecule has 1 unspecified atom stereocenters. The highest BCUT2D eigenvalue weighted by Gasteiger charge is 2.52. The highest BCUT2D eigenvalue weighted by atomic mass is 16.5. The van der Waals surface area contributed by atoms with Crippen LogP contribution in [0.4, 0.5) is 0 Å². The van der Waals surface area contributed by atoms with E-state index in [1.165, 1.54) is 11.1 Å². The number of fused-ring (bicyclic) bond motifs is 1. The largest absolute Gasteiger partial charge is 0.494 e. The van der Waals surface area contributed by atoms with Crippen LogP contribution in [0, 0.1) is 0 Å². The van der Waals surface area contributed by atoms with Crippen molar-refractivity contribution in [2.45, 2.75) is 50.6 Å². The van der Waals surface area contributed by atoms with E-state index in [0.29, 0.717) is 12.5 Å². The van der Waals surface area contributed by atoms with Gasteiger partial charge in [-0.25, -0.2) is 0 Å². The maximum atomic E-state index is 11.8. The lowest BCUT2D eigenvalue weighted by atomic mass is 9.67. The zero-order valence-corrected chi connectivity index (χ0v) is 13.2. The maximum absolute atomic E-state index is 11.8. The van der Waals surface area contributed by atoms with Gasteiger partial charge >= 0.3 is 0 Å². The summed E-state index contributed by atoms with van der Waals surface area (Å²) in [6.45, 7) is 5.01. The van der Waals surface area contributed by atoms with Crippen LogP contribution in [0.25, 0.3) is 0 Å². The second-order valence-electron chi connectivity index (χ2n) is 6.80. The van der Waals surface area contributed by atoms with Crippen molar-refractivity contribution in [2.75, 3.05) is 13.2 Å². The predicted octanol–water partition coefficient (Wildman–Crippen LogP) is 3.22. The fourth-order valence-electron chi connectivity index (χ4n) is 4.37. The number of carbonyl (C=O) groups is 1. The lowest BCUT2D eigenvalue weighted by molar-refractivity contribution is -0.116. The summed E-state index contributed by atoms with van der Waals surface area (Å²) in [6.07, 6.45) is 8.04. The van der Waals surface area contributed by atoms with Crippen molar-refractivity contribution in [1.29, 1.82) is 0 Å². The fourth-order valence-corrected chi connectivity index (χ4v) is 4.37. The molecule has 4 rings (SSSR count). The van der Waals surface area contributed by atoms with Gasteiger partial charge in [0.1, 0.15) is 5.75 Å². The highest BCUT2D eigenvalue weighted by Crippen LogP contribution is 2.50. The third-order valence-corrected chi connectivity index (χ3v) is 5.53. The van der Waals surface area contributed by atoms with Crippen LogP contribution in [0.15, 0.2) is 30.4 Å². The minimum Gasteiger partial charge on any atom is -0.494 e. The van der Waals surface area contributed by atoms with Gasteiger partial charge in [0.25, 0.3) is 0 Å². The molecular formula is C19H23NO2. The van der Waals surface area contributed by atoms with E-state index >= 15 is 0 Å². The first-order chi connectivity index (χ1) is 10.7. The van der Waals surface area contributed by atoms with Gasteiger partial charge in [-0.3, -0.25) is 9.69 Å². The number of allylic oxidation sites excluding steroid dienone is 1. The average Bonchev–Trinajstić information content (AvgIpc) is 2.79. The molecule has 3 heteroatoms. The molecule has 1 aliphatic carbocycles. The number of benzene rings is 1. The fraction of sp³-hybridized carbons (Fsp3) is 0.526. The first-order valence-corrected chi connectivity index (χ1v) is 8.45. The average molecular weight is 297 g/mol. The molecule has 1 aromatic carbocycles. The van der Waals surface area contributed by atoms with Crippen molar-refractivity contribution in [3.63, 3.8) is 0 Å². The molecule has 0 amide bonds. The monoisotopic (exact) mass is 297 g/mol. The lowest BCUT2D eigenvalue weighted by Gasteiger charge is -2.43. The van der Waals surface area contributed by atoms with Crippen LogP contribution in [0.1, 0.15) is 43.7 Å². The summed E-state index contributed by atoms with van der Waals surface area (Å²) >= 11 is 0. The van der Waals surface area contributed by atoms with Crippen molar-refractivity contribution in [3.05, 3.63) is 41.5 Å². The third-order valence-electron chi connectivity index (χ3n) is 5.53. The molecule has 0 aromatic heterocycles. The summed E-state index contributed by atoms with van der Waals surface area (Å²) in [5, 5.41) is 0. The smallest absolute Gasteiger partial charge is 0.157 e. The number of nitrogens with zero attached hydrogens (tertiary/aromatic N) is 1. The summed E-state index contributed by atoms with van der Waals surface area (Å²) in [5.41, 5.74) is 2.85. The van der Waals surface area contributed by atoms with Crippen LogP contribution in [0.3, 0.4) is 0 Å². The molecule has 22 heavy (non-hydrogen) atoms. The Bertz CT molecular complexity index is 636. The first-order valence-electron chi connectivity index (χ1n) is 8.45. The molecule has 2 bridgehead atoms. The molecule has 0 N–H and O–H groups in total. The molecule has 0 saturated carbocycles. The second-order valence-corrected chi connectivity index (χ2v) is 6.80. The van der Waals surface area contributed by atoms with Crippen molar-refractivity contribution in [3.8, 4) is 5.75 Å². The molecular weight excluding hydrogens is 274 g/mol. The summed E-state index contributed by atoms with van der Waals surface area (Å²) in [4.78, 5) is 14.3. The van der Waals surface area contributed by atoms with Crippen molar-refractivity contribution >= 4 is 5.78 Å². The van der Waals surface area contributed by atoms with E-state index in [9.17, 15) is 4.79 Å². The Morgan fingerprint density at radius 1 is 1.41 bits per heavy atom. The van der Waals surface area contributed by atoms with Gasteiger partial charge in [-0.15, -0.1) is 0 Å². The minimum absolute atomic E-state index is 0.0590. The molecule has 2 aliphatic heterocycles. The third kappa shape index (κ3) is 2.03. The molecule has 1 aromatic rings. The van der Waals surface area contributed by atoms with Crippen LogP contribution in [0.5, 0.6) is 5.75 Å². The van der Waals surface area contributed by atoms with Crippen molar-refractivity contribution in [1.82, 2.24) is 4.90 Å². The molecule has 0 spiro atoms. The molecule has 3 nitrogen and oxygen atoms in total. The number of ether oxygens (including phenoxy) is 1. The topological polar surface area (TPSA) is 29.5 Å². The van der Waals surface area contributed by atoms with E-state index in [2.05, 4.69) is 36.1 Å². The van der Waals surface area contributed by atoms with E-state index in [1.807, 2.05) is 0 Å². The molecule has 3 atom stereocenters. The quantitative estimate of drug-likeness (QED) is 0.799. The van der Waals surface area contributed by atoms with E-state index in [-0.39, 0.29) is 11.2 Å². The van der Waals surface area contributed by atoms with Gasteiger partial charge in [0, 0.05) is 31.0 Å². The van der Waals surface area contributed by atoms with Crippen LogP contribution < -0.4 is 4.74 Å². The molecule has 3 aliphatic rings. The van der Waals surface area contributed by atoms with Crippen molar-refractivity contribution < 1.29 is 9.53 Å². The summed E-state index contributed by atoms with van der Waals surface area (Å²) in [6, 6.07) is 6.93. The van der Waals surface area contributed by atoms with E-state index in [0.717, 1.165) is 44.7 Å². The van der Waals surface area contributed by atoms with Gasteiger partial charge in [-0.1, -0.05) is 25.5 Å². The van der Waals surface area contributed by atoms with Crippen LogP contribution in [-0.2, 0) is 16.8 Å². The summed E-state index contributed by atoms with van der Waals surface area (Å²) < 4.78 is 5.86. The number of hydrogen-bond acceptors (Lipinski definition) is 3. The number of hydrogen-bond donors (Lipinski definition) is 0. The Hall–Kier alpha value is -1.61. The van der Waals surface area contributed by atoms with Crippen LogP contribution in [-0.4, -0.2) is 29.9 Å². The number of unbranched alkanes of at least 4 members (excludes halogenated alkanes) is 1. The van der Waals surface area contributed by atoms with Crippen LogP contribution >= 0.6 is 0 Å². The maximum Gasteiger partial charge on any atom is 0.157 e. The van der Waals surface area contributed by atoms with Crippen molar-refractivity contribution in [2.24, 2.45) is 0 Å². The van der Waals surface area contributed by atoms with Crippen LogP contribution in [0.2, 0.25) is 0 Å². The molecule has 116 valence electrons. The minimum atomic E-state index is 0.0590. The Morgan fingerprint density at radius 2 is 2.32 bits per heavy atom. The number of ketones is 1. The second kappa shape index (κ2) is 5.24. The normalized spacial score (nSPS) is 31.8. The molecule has 1 fully saturated rings. The van der Waals surface area contributed by atoms with E-state index in [4.69, 9.17) is 4.74 Å². The van der Waals surface area contributed by atoms with Gasteiger partial charge in [0.2, 0.25) is 0 Å². The lowest BCUT2D eigenvalue weighted by Crippen LogP contribution is -2.48. The Morgan fingerprint density at radius 3 is 3.18 bits per heavy atom. The zero-order chi connectivity index (χ0) is 15.2. The van der Waals surface area contributed by atoms with Gasteiger partial charge in [-0.2, -0.15) is 0 Å². The Labute approximate surface area is 132 Å². The van der Waals surface area contributed by atoms with Gasteiger partial charge in [0.15, 0.2) is 5.78 Å². The van der Waals surface area contributed by atoms with E-state index in [1.54, 1.807) is 6.08 Å².